The van der Waals surface area contributed by atoms with Crippen LogP contribution in [-0.4, -0.2) is 10.7 Å². The first-order valence-corrected chi connectivity index (χ1v) is 5.29. The van der Waals surface area contributed by atoms with Crippen molar-refractivity contribution < 1.29 is 18.3 Å². The van der Waals surface area contributed by atoms with Crippen molar-refractivity contribution in [2.75, 3.05) is 0 Å². The smallest absolute Gasteiger partial charge is 0.300 e. The summed E-state index contributed by atoms with van der Waals surface area (Å²) in [6.45, 7) is 1.98. The molecule has 0 aliphatic carbocycles. The molecule has 0 aromatic heterocycles. The van der Waals surface area contributed by atoms with Gasteiger partial charge in [0.2, 0.25) is 0 Å². The zero-order valence-corrected chi connectivity index (χ0v) is 10.3. The van der Waals surface area contributed by atoms with Crippen LogP contribution in [0.5, 0.6) is 0 Å². The first kappa shape index (κ1) is 12.8. The van der Waals surface area contributed by atoms with Gasteiger partial charge in [-0.3, -0.25) is 0 Å². The zero-order valence-electron chi connectivity index (χ0n) is 8.19. The van der Waals surface area contributed by atoms with Gasteiger partial charge in [-0.2, -0.15) is 8.78 Å². The summed E-state index contributed by atoms with van der Waals surface area (Å²) in [7, 11) is 0. The SMILES string of the molecule is CC(C)(O)C(F)(F)c1cc(F)cc(I)c1. The van der Waals surface area contributed by atoms with Crippen LogP contribution in [0.4, 0.5) is 13.2 Å². The number of hydrogen-bond acceptors (Lipinski definition) is 1. The molecule has 15 heavy (non-hydrogen) atoms. The summed E-state index contributed by atoms with van der Waals surface area (Å²) in [4.78, 5) is 0. The lowest BCUT2D eigenvalue weighted by Crippen LogP contribution is -2.40. The van der Waals surface area contributed by atoms with Gasteiger partial charge >= 0.3 is 5.92 Å². The first-order valence-electron chi connectivity index (χ1n) is 4.21. The molecule has 0 heterocycles. The average molecular weight is 330 g/mol. The summed E-state index contributed by atoms with van der Waals surface area (Å²) in [5, 5.41) is 9.31. The number of benzene rings is 1. The van der Waals surface area contributed by atoms with Crippen LogP contribution in [0.3, 0.4) is 0 Å². The molecule has 0 bridgehead atoms. The number of aliphatic hydroxyl groups is 1. The molecule has 0 amide bonds. The van der Waals surface area contributed by atoms with Crippen molar-refractivity contribution in [3.8, 4) is 0 Å². The van der Waals surface area contributed by atoms with Crippen molar-refractivity contribution in [2.24, 2.45) is 0 Å². The van der Waals surface area contributed by atoms with E-state index >= 15 is 0 Å². The van der Waals surface area contributed by atoms with Crippen LogP contribution >= 0.6 is 22.6 Å². The third-order valence-electron chi connectivity index (χ3n) is 1.99. The third kappa shape index (κ3) is 2.63. The van der Waals surface area contributed by atoms with E-state index < -0.39 is 22.9 Å². The molecule has 84 valence electrons. The van der Waals surface area contributed by atoms with Gasteiger partial charge in [0.05, 0.1) is 0 Å². The summed E-state index contributed by atoms with van der Waals surface area (Å²) < 4.78 is 40.5. The summed E-state index contributed by atoms with van der Waals surface area (Å²) in [6.07, 6.45) is 0. The zero-order chi connectivity index (χ0) is 11.9. The normalized spacial score (nSPS) is 13.0. The van der Waals surface area contributed by atoms with Crippen LogP contribution in [-0.2, 0) is 5.92 Å². The standard InChI is InChI=1S/C10H10F3IO/c1-9(2,15)10(12,13)6-3-7(11)5-8(14)4-6/h3-5,15H,1-2H3. The van der Waals surface area contributed by atoms with E-state index in [1.54, 1.807) is 22.6 Å². The van der Waals surface area contributed by atoms with Gasteiger partial charge in [0.25, 0.3) is 0 Å². The van der Waals surface area contributed by atoms with E-state index in [1.807, 2.05) is 0 Å². The fourth-order valence-electron chi connectivity index (χ4n) is 1.09. The third-order valence-corrected chi connectivity index (χ3v) is 2.62. The fourth-order valence-corrected chi connectivity index (χ4v) is 1.72. The Hall–Kier alpha value is -0.300. The van der Waals surface area contributed by atoms with Gasteiger partial charge in [0.15, 0.2) is 0 Å². The van der Waals surface area contributed by atoms with Crippen LogP contribution in [0, 0.1) is 9.39 Å². The Kier molecular flexibility index (Phi) is 3.35. The monoisotopic (exact) mass is 330 g/mol. The highest BCUT2D eigenvalue weighted by Crippen LogP contribution is 2.39. The molecule has 1 N–H and O–H groups in total. The molecular weight excluding hydrogens is 320 g/mol. The van der Waals surface area contributed by atoms with Crippen molar-refractivity contribution in [2.45, 2.75) is 25.4 Å². The molecule has 0 saturated heterocycles. The van der Waals surface area contributed by atoms with Crippen LogP contribution in [0.15, 0.2) is 18.2 Å². The number of hydrogen-bond donors (Lipinski definition) is 1. The molecule has 0 fully saturated rings. The fraction of sp³-hybridized carbons (Fsp3) is 0.400. The molecule has 0 aliphatic rings. The topological polar surface area (TPSA) is 20.2 Å². The quantitative estimate of drug-likeness (QED) is 0.825. The molecule has 0 saturated carbocycles. The van der Waals surface area contributed by atoms with Gasteiger partial charge in [0.1, 0.15) is 11.4 Å². The predicted molar refractivity (Wildman–Crippen MR) is 59.3 cm³/mol. The van der Waals surface area contributed by atoms with Crippen LogP contribution in [0.1, 0.15) is 19.4 Å². The second kappa shape index (κ2) is 3.93. The van der Waals surface area contributed by atoms with Crippen molar-refractivity contribution in [1.82, 2.24) is 0 Å². The van der Waals surface area contributed by atoms with Gasteiger partial charge in [0, 0.05) is 9.13 Å². The molecule has 0 radical (unpaired) electrons. The lowest BCUT2D eigenvalue weighted by molar-refractivity contribution is -0.168. The summed E-state index contributed by atoms with van der Waals surface area (Å²) in [5.41, 5.74) is -2.73. The van der Waals surface area contributed by atoms with E-state index in [-0.39, 0.29) is 0 Å². The molecule has 1 aromatic carbocycles. The molecule has 1 aromatic rings. The van der Waals surface area contributed by atoms with E-state index in [0.717, 1.165) is 32.0 Å². The maximum Gasteiger partial charge on any atom is 0.300 e. The minimum Gasteiger partial charge on any atom is -0.384 e. The average Bonchev–Trinajstić information content (AvgIpc) is 1.99. The Morgan fingerprint density at radius 3 is 2.13 bits per heavy atom. The molecule has 0 aliphatic heterocycles. The molecular formula is C10H10F3IO. The van der Waals surface area contributed by atoms with Crippen molar-refractivity contribution in [3.05, 3.63) is 33.1 Å². The molecule has 0 spiro atoms. The lowest BCUT2D eigenvalue weighted by atomic mass is 9.93. The van der Waals surface area contributed by atoms with E-state index in [9.17, 15) is 18.3 Å². The molecule has 5 heteroatoms. The number of halogens is 4. The highest BCUT2D eigenvalue weighted by Gasteiger charge is 2.47. The van der Waals surface area contributed by atoms with Gasteiger partial charge in [-0.25, -0.2) is 4.39 Å². The van der Waals surface area contributed by atoms with E-state index in [0.29, 0.717) is 3.57 Å². The van der Waals surface area contributed by atoms with Crippen LogP contribution in [0.25, 0.3) is 0 Å². The van der Waals surface area contributed by atoms with Gasteiger partial charge in [-0.15, -0.1) is 0 Å². The molecule has 0 unspecified atom stereocenters. The summed E-state index contributed by atoms with van der Waals surface area (Å²) in [5.74, 6) is -4.21. The minimum absolute atomic E-state index is 0.367. The summed E-state index contributed by atoms with van der Waals surface area (Å²) in [6, 6.07) is 3.03. The Balaban J connectivity index is 3.27. The predicted octanol–water partition coefficient (Wildman–Crippen LogP) is 3.29. The van der Waals surface area contributed by atoms with E-state index in [1.165, 1.54) is 0 Å². The number of alkyl halides is 2. The van der Waals surface area contributed by atoms with Crippen molar-refractivity contribution >= 4 is 22.6 Å². The maximum atomic E-state index is 13.6. The van der Waals surface area contributed by atoms with E-state index in [4.69, 9.17) is 0 Å². The van der Waals surface area contributed by atoms with Gasteiger partial charge in [-0.1, -0.05) is 0 Å². The lowest BCUT2D eigenvalue weighted by Gasteiger charge is -2.29. The maximum absolute atomic E-state index is 13.6. The summed E-state index contributed by atoms with van der Waals surface area (Å²) >= 11 is 1.74. The van der Waals surface area contributed by atoms with Gasteiger partial charge in [-0.05, 0) is 54.6 Å². The van der Waals surface area contributed by atoms with Gasteiger partial charge < -0.3 is 5.11 Å². The second-order valence-electron chi connectivity index (χ2n) is 3.79. The highest BCUT2D eigenvalue weighted by atomic mass is 127. The Bertz CT molecular complexity index is 351. The van der Waals surface area contributed by atoms with Crippen molar-refractivity contribution in [3.63, 3.8) is 0 Å². The highest BCUT2D eigenvalue weighted by molar-refractivity contribution is 14.1. The van der Waals surface area contributed by atoms with E-state index in [2.05, 4.69) is 0 Å². The molecule has 0 atom stereocenters. The molecule has 1 nitrogen and oxygen atoms in total. The first-order chi connectivity index (χ1) is 6.64. The Morgan fingerprint density at radius 1 is 1.20 bits per heavy atom. The molecule has 1 rings (SSSR count). The second-order valence-corrected chi connectivity index (χ2v) is 5.04. The largest absolute Gasteiger partial charge is 0.384 e. The Labute approximate surface area is 99.4 Å². The number of rotatable bonds is 2. The van der Waals surface area contributed by atoms with Crippen LogP contribution < -0.4 is 0 Å². The Morgan fingerprint density at radius 2 is 1.73 bits per heavy atom. The van der Waals surface area contributed by atoms with Crippen molar-refractivity contribution in [1.29, 1.82) is 0 Å². The van der Waals surface area contributed by atoms with Crippen LogP contribution in [0.2, 0.25) is 0 Å². The minimum atomic E-state index is -3.48.